The molecule has 4 saturated carbocycles. The Morgan fingerprint density at radius 1 is 0.617 bits per heavy atom. The maximum atomic E-state index is 15.8. The van der Waals surface area contributed by atoms with Gasteiger partial charge in [-0.1, -0.05) is 44.0 Å². The maximum absolute atomic E-state index is 15.8. The van der Waals surface area contributed by atoms with Crippen molar-refractivity contribution in [3.63, 3.8) is 0 Å². The van der Waals surface area contributed by atoms with Gasteiger partial charge in [-0.05, 0) is 58.8 Å². The lowest BCUT2D eigenvalue weighted by Crippen LogP contribution is -2.66. The van der Waals surface area contributed by atoms with E-state index in [0.717, 1.165) is 9.80 Å². The monoisotopic (exact) mass is 790 g/mol. The normalized spacial score (nSPS) is 48.0. The standard InChI is InChI=1S/C32H26Br2F6N2O5/c33-5-9-1-11-7-41-25(43)17-13-3-14(18(17)26(41)44)22-21(13)29(31(35,36)37)23-15-4-16(24(23)30(22,47-29)32(38,39)40)20-19(15)27(45)42(28(20)46)8-12(9)2-10(11)6-34/h1-2,13-24H,3-8H2/t13-,14+,15+,16-,17-,18+,19+,20-,21-,22+,23+,24-,29?,30?. The van der Waals surface area contributed by atoms with E-state index >= 15 is 26.3 Å². The third-order valence-corrected chi connectivity index (χ3v) is 15.4. The number of amides is 4. The topological polar surface area (TPSA) is 84.0 Å². The van der Waals surface area contributed by atoms with Crippen LogP contribution in [-0.4, -0.2) is 57.0 Å². The van der Waals surface area contributed by atoms with Gasteiger partial charge >= 0.3 is 12.4 Å². The van der Waals surface area contributed by atoms with E-state index in [0.29, 0.717) is 32.9 Å². The molecule has 4 saturated heterocycles. The minimum absolute atomic E-state index is 0.0998. The molecule has 4 amide bonds. The van der Waals surface area contributed by atoms with Crippen LogP contribution in [0.1, 0.15) is 35.1 Å². The molecule has 15 heteroatoms. The fourth-order valence-corrected chi connectivity index (χ4v) is 14.3. The molecule has 47 heavy (non-hydrogen) atoms. The fourth-order valence-electron chi connectivity index (χ4n) is 13.3. The number of carbonyl (C=O) groups excluding carboxylic acids is 4. The summed E-state index contributed by atoms with van der Waals surface area (Å²) in [6, 6.07) is 3.57. The Balaban J connectivity index is 1.24. The minimum Gasteiger partial charge on any atom is -0.348 e. The molecule has 4 aliphatic carbocycles. The lowest BCUT2D eigenvalue weighted by atomic mass is 9.46. The molecule has 7 nitrogen and oxygen atoms in total. The van der Waals surface area contributed by atoms with Crippen molar-refractivity contribution < 1.29 is 50.3 Å². The van der Waals surface area contributed by atoms with Gasteiger partial charge in [0, 0.05) is 34.3 Å². The summed E-state index contributed by atoms with van der Waals surface area (Å²) in [5.74, 6) is -18.6. The van der Waals surface area contributed by atoms with E-state index in [1.807, 2.05) is 0 Å². The minimum atomic E-state index is -5.25. The third kappa shape index (κ3) is 2.96. The highest BCUT2D eigenvalue weighted by Crippen LogP contribution is 2.86. The van der Waals surface area contributed by atoms with Crippen molar-refractivity contribution in [3.05, 3.63) is 34.4 Å². The van der Waals surface area contributed by atoms with Crippen molar-refractivity contribution in [1.82, 2.24) is 9.80 Å². The molecule has 0 spiro atoms. The van der Waals surface area contributed by atoms with Crippen molar-refractivity contribution >= 4 is 55.5 Å². The summed E-state index contributed by atoms with van der Waals surface area (Å²) in [4.78, 5) is 58.4. The number of rotatable bonds is 2. The number of halogens is 8. The number of ether oxygens (including phenoxy) is 1. The molecule has 2 unspecified atom stereocenters. The van der Waals surface area contributed by atoms with Crippen LogP contribution in [0.3, 0.4) is 0 Å². The first-order valence-electron chi connectivity index (χ1n) is 15.9. The highest BCUT2D eigenvalue weighted by atomic mass is 79.9. The van der Waals surface area contributed by atoms with E-state index in [1.54, 1.807) is 12.1 Å². The van der Waals surface area contributed by atoms with Gasteiger partial charge < -0.3 is 4.74 Å². The molecule has 1 aromatic carbocycles. The van der Waals surface area contributed by atoms with Crippen LogP contribution in [-0.2, 0) is 47.7 Å². The number of benzene rings is 1. The van der Waals surface area contributed by atoms with Gasteiger partial charge in [-0.3, -0.25) is 29.0 Å². The lowest BCUT2D eigenvalue weighted by molar-refractivity contribution is -0.329. The summed E-state index contributed by atoms with van der Waals surface area (Å²) >= 11 is 6.92. The Labute approximate surface area is 280 Å². The number of alkyl halides is 8. The summed E-state index contributed by atoms with van der Waals surface area (Å²) in [5, 5.41) is 0.604. The SMILES string of the molecule is O=C1[C@@H]2[C@H]3C[C@H]4[C@@H]2C(=O)N1Cc1cc(CBr)c(cc1CBr)CN1C(=O)[C@@H]2[C@H]5C[C@@H]([C@@H]2C1=O)[C@H]1[C@@H]5C2(C(F)(F)F)OC1(C(F)(F)F)[C@H]3[C@H]42. The highest BCUT2D eigenvalue weighted by Gasteiger charge is 2.97. The smallest absolute Gasteiger partial charge is 0.348 e. The number of hydrogen-bond acceptors (Lipinski definition) is 5. The van der Waals surface area contributed by atoms with Crippen LogP contribution < -0.4 is 0 Å². The van der Waals surface area contributed by atoms with Crippen LogP contribution in [0.2, 0.25) is 0 Å². The lowest BCUT2D eigenvalue weighted by Gasteiger charge is -2.53. The van der Waals surface area contributed by atoms with E-state index < -0.39 is 118 Å². The average molecular weight is 792 g/mol. The van der Waals surface area contributed by atoms with Crippen LogP contribution in [0.25, 0.3) is 0 Å². The van der Waals surface area contributed by atoms with Crippen molar-refractivity contribution in [3.8, 4) is 0 Å². The Morgan fingerprint density at radius 2 is 0.915 bits per heavy atom. The van der Waals surface area contributed by atoms with Crippen molar-refractivity contribution in [2.75, 3.05) is 0 Å². The third-order valence-electron chi connectivity index (χ3n) is 14.2. The molecule has 0 radical (unpaired) electrons. The molecule has 0 aromatic heterocycles. The number of imide groups is 2. The number of nitrogens with zero attached hydrogens (tertiary/aromatic N) is 2. The second-order valence-electron chi connectivity index (χ2n) is 15.2. The largest absolute Gasteiger partial charge is 0.418 e. The van der Waals surface area contributed by atoms with E-state index in [9.17, 15) is 19.2 Å². The zero-order valence-electron chi connectivity index (χ0n) is 24.3. The van der Waals surface area contributed by atoms with Crippen molar-refractivity contribution in [2.45, 2.75) is 60.1 Å². The molecule has 12 aliphatic rings. The number of hydrogen-bond donors (Lipinski definition) is 0. The summed E-state index contributed by atoms with van der Waals surface area (Å²) in [6.07, 6.45) is -10.7. The Hall–Kier alpha value is -2.00. The van der Waals surface area contributed by atoms with E-state index in [4.69, 9.17) is 4.74 Å². The molecule has 14 bridgehead atoms. The highest BCUT2D eigenvalue weighted by molar-refractivity contribution is 9.08. The molecule has 0 N–H and O–H groups in total. The maximum Gasteiger partial charge on any atom is 0.418 e. The van der Waals surface area contributed by atoms with Gasteiger partial charge in [0.05, 0.1) is 36.8 Å². The van der Waals surface area contributed by atoms with Gasteiger partial charge in [-0.15, -0.1) is 0 Å². The summed E-state index contributed by atoms with van der Waals surface area (Å²) < 4.78 is 100. The van der Waals surface area contributed by atoms with Crippen LogP contribution >= 0.6 is 31.9 Å². The molecule has 14 atom stereocenters. The van der Waals surface area contributed by atoms with Crippen LogP contribution in [0.5, 0.6) is 0 Å². The van der Waals surface area contributed by atoms with Gasteiger partial charge in [0.1, 0.15) is 0 Å². The van der Waals surface area contributed by atoms with Gasteiger partial charge in [0.25, 0.3) is 0 Å². The fraction of sp³-hybridized carbons (Fsp3) is 0.688. The molecule has 1 aromatic rings. The van der Waals surface area contributed by atoms with Gasteiger partial charge in [0.2, 0.25) is 23.6 Å². The zero-order valence-corrected chi connectivity index (χ0v) is 27.5. The molecular weight excluding hydrogens is 766 g/mol. The first kappa shape index (κ1) is 29.9. The second-order valence-corrected chi connectivity index (χ2v) is 16.3. The molecule has 8 heterocycles. The molecule has 13 rings (SSSR count). The van der Waals surface area contributed by atoms with Crippen LogP contribution in [0.15, 0.2) is 12.1 Å². The quantitative estimate of drug-likeness (QED) is 0.237. The van der Waals surface area contributed by atoms with E-state index in [1.165, 1.54) is 0 Å². The summed E-state index contributed by atoms with van der Waals surface area (Å²) in [5.41, 5.74) is -3.94. The first-order valence-corrected chi connectivity index (χ1v) is 18.2. The molecule has 8 fully saturated rings. The van der Waals surface area contributed by atoms with Gasteiger partial charge in [-0.25, -0.2) is 0 Å². The molecule has 250 valence electrons. The average Bonchev–Trinajstić information content (AvgIpc) is 3.85. The molecular formula is C32H26Br2F6N2O5. The van der Waals surface area contributed by atoms with E-state index in [2.05, 4.69) is 31.9 Å². The van der Waals surface area contributed by atoms with E-state index in [-0.39, 0.29) is 25.9 Å². The molecule has 8 aliphatic heterocycles. The van der Waals surface area contributed by atoms with Crippen molar-refractivity contribution in [2.24, 2.45) is 71.0 Å². The Morgan fingerprint density at radius 3 is 1.17 bits per heavy atom. The summed E-state index contributed by atoms with van der Waals surface area (Å²) in [6.45, 7) is -0.375. The second kappa shape index (κ2) is 8.65. The van der Waals surface area contributed by atoms with Gasteiger partial charge in [0.15, 0.2) is 11.2 Å². The van der Waals surface area contributed by atoms with Crippen LogP contribution in [0, 0.1) is 71.0 Å². The predicted molar refractivity (Wildman–Crippen MR) is 153 cm³/mol. The van der Waals surface area contributed by atoms with Crippen molar-refractivity contribution in [1.29, 1.82) is 0 Å². The number of carbonyl (C=O) groups is 4. The zero-order chi connectivity index (χ0) is 33.1. The first-order chi connectivity index (χ1) is 22.1. The predicted octanol–water partition coefficient (Wildman–Crippen LogP) is 5.10. The van der Waals surface area contributed by atoms with Crippen LogP contribution in [0.4, 0.5) is 26.3 Å². The summed E-state index contributed by atoms with van der Waals surface area (Å²) in [7, 11) is 0. The Kier molecular flexibility index (Phi) is 5.50. The van der Waals surface area contributed by atoms with Gasteiger partial charge in [-0.2, -0.15) is 26.3 Å². The Bertz CT molecular complexity index is 1560.